The van der Waals surface area contributed by atoms with Gasteiger partial charge in [-0.3, -0.25) is 0 Å². The molecule has 1 aliphatic heterocycles. The first-order valence-electron chi connectivity index (χ1n) is 15.1. The average molecular weight is 654 g/mol. The van der Waals surface area contributed by atoms with Gasteiger partial charge < -0.3 is 35.5 Å². The molecule has 1 saturated heterocycles. The van der Waals surface area contributed by atoms with Gasteiger partial charge in [0.05, 0.1) is 35.4 Å². The van der Waals surface area contributed by atoms with Gasteiger partial charge in [-0.2, -0.15) is 18.4 Å². The zero-order valence-electron chi connectivity index (χ0n) is 24.9. The molecule has 4 N–H and O–H groups in total. The normalized spacial score (nSPS) is 19.7. The summed E-state index contributed by atoms with van der Waals surface area (Å²) >= 11 is 6.53. The van der Waals surface area contributed by atoms with E-state index in [0.29, 0.717) is 68.3 Å². The Labute approximate surface area is 265 Å². The zero-order chi connectivity index (χ0) is 32.1. The van der Waals surface area contributed by atoms with Crippen LogP contribution in [0.25, 0.3) is 11.3 Å². The molecular formula is C30H39ClF3N7O4. The van der Waals surface area contributed by atoms with Crippen molar-refractivity contribution >= 4 is 29.3 Å². The second-order valence-corrected chi connectivity index (χ2v) is 11.6. The highest BCUT2D eigenvalue weighted by Gasteiger charge is 2.33. The lowest BCUT2D eigenvalue weighted by atomic mass is 9.82. The van der Waals surface area contributed by atoms with E-state index in [0.717, 1.165) is 37.1 Å². The highest BCUT2D eigenvalue weighted by atomic mass is 35.5. The van der Waals surface area contributed by atoms with Crippen LogP contribution >= 0.6 is 11.6 Å². The molecule has 0 aromatic carbocycles. The Bertz CT molecular complexity index is 1280. The third kappa shape index (κ3) is 11.5. The molecule has 45 heavy (non-hydrogen) atoms. The van der Waals surface area contributed by atoms with E-state index in [9.17, 15) is 23.2 Å². The molecule has 2 fully saturated rings. The van der Waals surface area contributed by atoms with Crippen LogP contribution in [0.15, 0.2) is 30.5 Å². The predicted octanol–water partition coefficient (Wildman–Crippen LogP) is 5.15. The predicted molar refractivity (Wildman–Crippen MR) is 163 cm³/mol. The number of nitriles is 1. The van der Waals surface area contributed by atoms with Crippen molar-refractivity contribution in [2.45, 2.75) is 56.8 Å². The standard InChI is InChI=1S/C30H39ClF3N7O4/c31-24-17-38-27(16-23(24)25-2-1-3-26(41-25)39-19-29(18-35)8-12-43-13-9-29)40-22-6-4-21(5-7-22)36-10-14-44-15-11-37-28(42)45-20-30(32,33)34/h1-3,16-17,21-22,36H,4-15,19-20H2,(H,37,42)(H,38,40)(H,39,41)/t21-,22-. The molecule has 246 valence electrons. The van der Waals surface area contributed by atoms with Crippen LogP contribution in [0.3, 0.4) is 0 Å². The summed E-state index contributed by atoms with van der Waals surface area (Å²) in [5.41, 5.74) is 1.01. The molecule has 2 aliphatic rings. The molecule has 2 aromatic heterocycles. The summed E-state index contributed by atoms with van der Waals surface area (Å²) in [4.78, 5) is 20.4. The number of carbonyl (C=O) groups is 1. The SMILES string of the molecule is N#CC1(CNc2cccc(-c3cc(N[C@H]4CC[C@H](NCCOCCNC(=O)OCC(F)(F)F)CC4)ncc3Cl)n2)CCOCC1. The van der Waals surface area contributed by atoms with E-state index in [1.807, 2.05) is 24.3 Å². The number of hydrogen-bond acceptors (Lipinski definition) is 10. The Balaban J connectivity index is 1.16. The number of pyridine rings is 2. The molecule has 15 heteroatoms. The van der Waals surface area contributed by atoms with E-state index >= 15 is 0 Å². The fourth-order valence-electron chi connectivity index (χ4n) is 5.26. The van der Waals surface area contributed by atoms with E-state index < -0.39 is 24.3 Å². The highest BCUT2D eigenvalue weighted by Crippen LogP contribution is 2.32. The first-order valence-corrected chi connectivity index (χ1v) is 15.4. The molecule has 3 heterocycles. The molecule has 0 spiro atoms. The summed E-state index contributed by atoms with van der Waals surface area (Å²) < 4.78 is 51.0. The maximum absolute atomic E-state index is 12.0. The summed E-state index contributed by atoms with van der Waals surface area (Å²) in [7, 11) is 0. The minimum atomic E-state index is -4.55. The van der Waals surface area contributed by atoms with Crippen molar-refractivity contribution in [2.75, 3.05) is 63.3 Å². The van der Waals surface area contributed by atoms with E-state index in [1.165, 1.54) is 0 Å². The first-order chi connectivity index (χ1) is 21.6. The van der Waals surface area contributed by atoms with Crippen molar-refractivity contribution < 1.29 is 32.2 Å². The second kappa shape index (κ2) is 16.8. The number of anilines is 2. The molecule has 2 aromatic rings. The van der Waals surface area contributed by atoms with Gasteiger partial charge in [-0.25, -0.2) is 14.8 Å². The lowest BCUT2D eigenvalue weighted by molar-refractivity contribution is -0.160. The third-order valence-electron chi connectivity index (χ3n) is 7.82. The monoisotopic (exact) mass is 653 g/mol. The molecular weight excluding hydrogens is 615 g/mol. The van der Waals surface area contributed by atoms with Crippen molar-refractivity contribution in [3.63, 3.8) is 0 Å². The number of aromatic nitrogens is 2. The van der Waals surface area contributed by atoms with Gasteiger partial charge in [-0.1, -0.05) is 17.7 Å². The molecule has 1 saturated carbocycles. The average Bonchev–Trinajstić information content (AvgIpc) is 3.04. The van der Waals surface area contributed by atoms with E-state index in [-0.39, 0.29) is 19.2 Å². The van der Waals surface area contributed by atoms with Gasteiger partial charge in [0.15, 0.2) is 6.61 Å². The van der Waals surface area contributed by atoms with Crippen molar-refractivity contribution in [3.8, 4) is 17.3 Å². The molecule has 0 unspecified atom stereocenters. The van der Waals surface area contributed by atoms with Crippen LogP contribution in [-0.2, 0) is 14.2 Å². The minimum absolute atomic E-state index is 0.0610. The number of alkyl halides is 3. The number of amides is 1. The Hall–Kier alpha value is -3.38. The zero-order valence-corrected chi connectivity index (χ0v) is 25.7. The summed E-state index contributed by atoms with van der Waals surface area (Å²) in [5, 5.41) is 22.8. The number of halogens is 4. The number of hydrogen-bond donors (Lipinski definition) is 4. The van der Waals surface area contributed by atoms with Gasteiger partial charge in [-0.05, 0) is 56.7 Å². The molecule has 1 aliphatic carbocycles. The van der Waals surface area contributed by atoms with Gasteiger partial charge in [0.2, 0.25) is 0 Å². The lowest BCUT2D eigenvalue weighted by Crippen LogP contribution is -2.38. The van der Waals surface area contributed by atoms with Gasteiger partial charge in [0, 0.05) is 56.7 Å². The van der Waals surface area contributed by atoms with Gasteiger partial charge in [0.1, 0.15) is 11.6 Å². The fraction of sp³-hybridized carbons (Fsp3) is 0.600. The van der Waals surface area contributed by atoms with Crippen LogP contribution in [0.2, 0.25) is 5.02 Å². The topological polar surface area (TPSA) is 142 Å². The molecule has 0 atom stereocenters. The van der Waals surface area contributed by atoms with Crippen molar-refractivity contribution in [1.29, 1.82) is 5.26 Å². The van der Waals surface area contributed by atoms with Crippen LogP contribution < -0.4 is 21.3 Å². The number of rotatable bonds is 14. The van der Waals surface area contributed by atoms with Crippen molar-refractivity contribution in [1.82, 2.24) is 20.6 Å². The summed E-state index contributed by atoms with van der Waals surface area (Å²) in [5.74, 6) is 1.40. The Kier molecular flexibility index (Phi) is 12.9. The number of ether oxygens (including phenoxy) is 3. The quantitative estimate of drug-likeness (QED) is 0.202. The first kappa shape index (κ1) is 34.5. The van der Waals surface area contributed by atoms with Crippen molar-refractivity contribution in [3.05, 3.63) is 35.5 Å². The molecule has 1 amide bonds. The number of nitrogens with zero attached hydrogens (tertiary/aromatic N) is 3. The largest absolute Gasteiger partial charge is 0.440 e. The summed E-state index contributed by atoms with van der Waals surface area (Å²) in [6.45, 7) is 1.31. The van der Waals surface area contributed by atoms with Gasteiger partial charge in [-0.15, -0.1) is 0 Å². The molecule has 4 rings (SSSR count). The molecule has 0 bridgehead atoms. The number of nitrogens with one attached hydrogen (secondary N) is 4. The maximum atomic E-state index is 12.0. The van der Waals surface area contributed by atoms with E-state index in [1.54, 1.807) is 6.20 Å². The van der Waals surface area contributed by atoms with E-state index in [2.05, 4.69) is 37.1 Å². The highest BCUT2D eigenvalue weighted by molar-refractivity contribution is 6.33. The maximum Gasteiger partial charge on any atom is 0.422 e. The third-order valence-corrected chi connectivity index (χ3v) is 8.12. The number of carbonyl (C=O) groups excluding carboxylic acids is 1. The van der Waals surface area contributed by atoms with Gasteiger partial charge >= 0.3 is 12.3 Å². The molecule has 0 radical (unpaired) electrons. The summed E-state index contributed by atoms with van der Waals surface area (Å²) in [6, 6.07) is 10.7. The van der Waals surface area contributed by atoms with Crippen molar-refractivity contribution in [2.24, 2.45) is 5.41 Å². The summed E-state index contributed by atoms with van der Waals surface area (Å²) in [6.07, 6.45) is 1.16. The van der Waals surface area contributed by atoms with Crippen LogP contribution in [0.4, 0.5) is 29.6 Å². The van der Waals surface area contributed by atoms with E-state index in [4.69, 9.17) is 26.1 Å². The number of alkyl carbamates (subject to hydrolysis) is 1. The smallest absolute Gasteiger partial charge is 0.422 e. The Morgan fingerprint density at radius 1 is 1.11 bits per heavy atom. The van der Waals surface area contributed by atoms with Crippen LogP contribution in [0, 0.1) is 16.7 Å². The minimum Gasteiger partial charge on any atom is -0.440 e. The molecule has 11 nitrogen and oxygen atoms in total. The second-order valence-electron chi connectivity index (χ2n) is 11.2. The van der Waals surface area contributed by atoms with Crippen LogP contribution in [0.5, 0.6) is 0 Å². The van der Waals surface area contributed by atoms with Crippen LogP contribution in [-0.4, -0.2) is 87.0 Å². The Morgan fingerprint density at radius 3 is 2.58 bits per heavy atom. The Morgan fingerprint density at radius 2 is 1.84 bits per heavy atom. The van der Waals surface area contributed by atoms with Gasteiger partial charge in [0.25, 0.3) is 0 Å². The van der Waals surface area contributed by atoms with Crippen LogP contribution in [0.1, 0.15) is 38.5 Å². The lowest BCUT2D eigenvalue weighted by Gasteiger charge is -2.30. The fourth-order valence-corrected chi connectivity index (χ4v) is 5.46.